The van der Waals surface area contributed by atoms with Crippen molar-refractivity contribution < 1.29 is 38.4 Å². The molecular formula is C36H44N4O9S2. The first kappa shape index (κ1) is 43.9. The number of hydrogen-bond donors (Lipinski definition) is 3. The van der Waals surface area contributed by atoms with Gasteiger partial charge in [-0.1, -0.05) is 54.1 Å². The number of benzene rings is 3. The second-order valence-electron chi connectivity index (χ2n) is 11.2. The van der Waals surface area contributed by atoms with E-state index in [1.165, 1.54) is 45.0 Å². The summed E-state index contributed by atoms with van der Waals surface area (Å²) in [5.74, 6) is 0.445. The maximum absolute atomic E-state index is 11.4. The lowest BCUT2D eigenvalue weighted by Gasteiger charge is -2.12. The minimum Gasteiger partial charge on any atom is -0.470 e. The molecule has 274 valence electrons. The first-order valence-electron chi connectivity index (χ1n) is 15.7. The number of ether oxygens (including phenoxy) is 2. The van der Waals surface area contributed by atoms with Gasteiger partial charge in [0.2, 0.25) is 0 Å². The fraction of sp³-hybridized carbons (Fsp3) is 0.333. The van der Waals surface area contributed by atoms with Crippen LogP contribution in [0.1, 0.15) is 51.7 Å². The average molecular weight is 741 g/mol. The highest BCUT2D eigenvalue weighted by molar-refractivity contribution is 8.13. The number of carbonyl (C=O) groups is 5. The summed E-state index contributed by atoms with van der Waals surface area (Å²) in [6, 6.07) is 20.8. The Morgan fingerprint density at radius 2 is 1.22 bits per heavy atom. The van der Waals surface area contributed by atoms with Crippen LogP contribution in [0.3, 0.4) is 0 Å². The topological polar surface area (TPSA) is 183 Å². The molecule has 3 rings (SSSR count). The molecule has 0 bridgehead atoms. The van der Waals surface area contributed by atoms with Crippen molar-refractivity contribution in [2.45, 2.75) is 54.4 Å². The smallest absolute Gasteiger partial charge is 0.411 e. The van der Waals surface area contributed by atoms with E-state index in [1.807, 2.05) is 50.2 Å². The molecule has 1 unspecified atom stereocenters. The SMILES string of the molecule is CC(=O)C(C)COC(=S)Nc1ccc([N+](=O)[O-])cc1.CC(=O)CCOC(=O)Nc1ccc(C)cc1.CC(=O)CCSC(=O)Nc1ccc(C)cc1. The van der Waals surface area contributed by atoms with Gasteiger partial charge in [0, 0.05) is 53.7 Å². The summed E-state index contributed by atoms with van der Waals surface area (Å²) in [4.78, 5) is 64.9. The minimum atomic E-state index is -0.537. The lowest BCUT2D eigenvalue weighted by Crippen LogP contribution is -2.20. The van der Waals surface area contributed by atoms with E-state index in [9.17, 15) is 34.1 Å². The van der Waals surface area contributed by atoms with Gasteiger partial charge >= 0.3 is 6.09 Å². The number of amides is 2. The Kier molecular flexibility index (Phi) is 20.7. The Morgan fingerprint density at radius 3 is 1.69 bits per heavy atom. The predicted molar refractivity (Wildman–Crippen MR) is 205 cm³/mol. The normalized spacial score (nSPS) is 10.4. The number of nitro benzene ring substituents is 1. The standard InChI is InChI=1S/C12H14N2O4S.C12H15NO3.C12H15NO2S/c1-8(9(2)15)7-18-12(19)13-10-3-5-11(6-4-10)14(16)17;2*1-9-3-5-11(6-4-9)13-12(15)16-8-7-10(2)14/h3-6,8H,7H2,1-2H3,(H,13,19);2*3-6H,7-8H2,1-2H3,(H,13,15). The lowest BCUT2D eigenvalue weighted by molar-refractivity contribution is -0.384. The number of Topliss-reactive ketones (excluding diaryl/α,β-unsaturated/α-hetero) is 3. The molecular weight excluding hydrogens is 697 g/mol. The van der Waals surface area contributed by atoms with Crippen molar-refractivity contribution in [3.05, 3.63) is 94.0 Å². The Bertz CT molecular complexity index is 1540. The summed E-state index contributed by atoms with van der Waals surface area (Å²) < 4.78 is 10.0. The van der Waals surface area contributed by atoms with Gasteiger partial charge < -0.3 is 20.1 Å². The summed E-state index contributed by atoms with van der Waals surface area (Å²) >= 11 is 6.08. The van der Waals surface area contributed by atoms with Crippen molar-refractivity contribution in [2.75, 3.05) is 34.9 Å². The third kappa shape index (κ3) is 21.5. The quantitative estimate of drug-likeness (QED) is 0.0867. The summed E-state index contributed by atoms with van der Waals surface area (Å²) in [7, 11) is 0. The first-order chi connectivity index (χ1) is 24.0. The molecule has 0 saturated heterocycles. The van der Waals surface area contributed by atoms with Gasteiger partial charge in [0.15, 0.2) is 0 Å². The summed E-state index contributed by atoms with van der Waals surface area (Å²) in [6.07, 6.45) is 0.151. The number of non-ortho nitro benzene ring substituents is 1. The monoisotopic (exact) mass is 740 g/mol. The molecule has 3 aromatic rings. The number of nitrogens with one attached hydrogen (secondary N) is 3. The van der Waals surface area contributed by atoms with Crippen LogP contribution in [0.4, 0.5) is 32.3 Å². The Morgan fingerprint density at radius 1 is 0.745 bits per heavy atom. The maximum atomic E-state index is 11.4. The number of ketones is 3. The van der Waals surface area contributed by atoms with Crippen molar-refractivity contribution in [1.82, 2.24) is 0 Å². The number of nitrogens with zero attached hydrogens (tertiary/aromatic N) is 1. The van der Waals surface area contributed by atoms with E-state index in [-0.39, 0.29) is 59.0 Å². The number of aryl methyl sites for hydroxylation is 2. The molecule has 0 radical (unpaired) electrons. The summed E-state index contributed by atoms with van der Waals surface area (Å²) in [5, 5.41) is 18.6. The molecule has 0 spiro atoms. The highest BCUT2D eigenvalue weighted by Crippen LogP contribution is 2.16. The van der Waals surface area contributed by atoms with Crippen LogP contribution >= 0.6 is 24.0 Å². The number of anilines is 3. The molecule has 51 heavy (non-hydrogen) atoms. The number of hydrogen-bond acceptors (Lipinski definition) is 11. The van der Waals surface area contributed by atoms with E-state index in [0.29, 0.717) is 23.5 Å². The largest absolute Gasteiger partial charge is 0.470 e. The van der Waals surface area contributed by atoms with Crippen LogP contribution in [0.15, 0.2) is 72.8 Å². The zero-order valence-corrected chi connectivity index (χ0v) is 31.1. The van der Waals surface area contributed by atoms with Crippen LogP contribution in [0.2, 0.25) is 0 Å². The zero-order chi connectivity index (χ0) is 38.3. The molecule has 0 heterocycles. The van der Waals surface area contributed by atoms with Crippen molar-refractivity contribution >= 4 is 80.6 Å². The zero-order valence-electron chi connectivity index (χ0n) is 29.5. The number of rotatable bonds is 13. The van der Waals surface area contributed by atoms with Crippen molar-refractivity contribution in [2.24, 2.45) is 5.92 Å². The molecule has 0 fully saturated rings. The van der Waals surface area contributed by atoms with Crippen LogP contribution in [0.25, 0.3) is 0 Å². The predicted octanol–water partition coefficient (Wildman–Crippen LogP) is 8.30. The molecule has 3 N–H and O–H groups in total. The van der Waals surface area contributed by atoms with Crippen LogP contribution in [-0.2, 0) is 23.9 Å². The number of carbonyl (C=O) groups excluding carboxylic acids is 5. The van der Waals surface area contributed by atoms with Crippen LogP contribution in [0.5, 0.6) is 0 Å². The van der Waals surface area contributed by atoms with Crippen LogP contribution in [-0.4, -0.2) is 57.7 Å². The van der Waals surface area contributed by atoms with Crippen molar-refractivity contribution in [3.8, 4) is 0 Å². The average Bonchev–Trinajstić information content (AvgIpc) is 3.06. The van der Waals surface area contributed by atoms with E-state index >= 15 is 0 Å². The molecule has 0 aliphatic carbocycles. The number of thiocarbonyl (C=S) groups is 1. The third-order valence-electron chi connectivity index (χ3n) is 6.45. The second-order valence-corrected chi connectivity index (χ2v) is 12.6. The van der Waals surface area contributed by atoms with E-state index in [0.717, 1.165) is 28.6 Å². The Balaban J connectivity index is 0.000000385. The van der Waals surface area contributed by atoms with Crippen molar-refractivity contribution in [3.63, 3.8) is 0 Å². The fourth-order valence-corrected chi connectivity index (χ4v) is 4.25. The van der Waals surface area contributed by atoms with E-state index in [2.05, 4.69) is 16.0 Å². The summed E-state index contributed by atoms with van der Waals surface area (Å²) in [6.45, 7) is 10.5. The van der Waals surface area contributed by atoms with E-state index in [1.54, 1.807) is 19.1 Å². The molecule has 13 nitrogen and oxygen atoms in total. The lowest BCUT2D eigenvalue weighted by atomic mass is 10.1. The molecule has 15 heteroatoms. The maximum Gasteiger partial charge on any atom is 0.411 e. The van der Waals surface area contributed by atoms with Gasteiger partial charge in [-0.25, -0.2) is 4.79 Å². The number of thioether (sulfide) groups is 1. The summed E-state index contributed by atoms with van der Waals surface area (Å²) in [5.41, 5.74) is 4.33. The minimum absolute atomic E-state index is 0.00240. The van der Waals surface area contributed by atoms with Gasteiger partial charge in [0.25, 0.3) is 16.1 Å². The second kappa shape index (κ2) is 24.1. The molecule has 1 atom stereocenters. The molecule has 0 aliphatic heterocycles. The number of nitro groups is 1. The van der Waals surface area contributed by atoms with Crippen molar-refractivity contribution in [1.29, 1.82) is 0 Å². The van der Waals surface area contributed by atoms with Crippen LogP contribution < -0.4 is 16.0 Å². The Labute approximate surface area is 307 Å². The fourth-order valence-electron chi connectivity index (χ4n) is 3.30. The van der Waals surface area contributed by atoms with Gasteiger partial charge in [0.05, 0.1) is 4.92 Å². The van der Waals surface area contributed by atoms with Gasteiger partial charge in [-0.15, -0.1) is 0 Å². The highest BCUT2D eigenvalue weighted by Gasteiger charge is 2.10. The molecule has 0 saturated carbocycles. The highest BCUT2D eigenvalue weighted by atomic mass is 32.2. The third-order valence-corrected chi connectivity index (χ3v) is 7.45. The van der Waals surface area contributed by atoms with Gasteiger partial charge in [0.1, 0.15) is 30.6 Å². The molecule has 0 aliphatic rings. The Hall–Kier alpha value is -5.15. The van der Waals surface area contributed by atoms with Gasteiger partial charge in [-0.05, 0) is 83.2 Å². The molecule has 3 aromatic carbocycles. The molecule has 0 aromatic heterocycles. The van der Waals surface area contributed by atoms with E-state index < -0.39 is 11.0 Å². The first-order valence-corrected chi connectivity index (χ1v) is 17.1. The van der Waals surface area contributed by atoms with Crippen LogP contribution in [0, 0.1) is 29.9 Å². The van der Waals surface area contributed by atoms with Gasteiger partial charge in [-0.2, -0.15) is 0 Å². The van der Waals surface area contributed by atoms with Gasteiger partial charge in [-0.3, -0.25) is 34.6 Å². The molecule has 2 amide bonds. The van der Waals surface area contributed by atoms with E-state index in [4.69, 9.17) is 21.7 Å².